The summed E-state index contributed by atoms with van der Waals surface area (Å²) in [4.78, 5) is 48.9. The summed E-state index contributed by atoms with van der Waals surface area (Å²) in [5.41, 5.74) is -2.03. The maximum atomic E-state index is 12.8. The third kappa shape index (κ3) is 3.68. The minimum absolute atomic E-state index is 0.325. The molecule has 0 unspecified atom stereocenters. The van der Waals surface area contributed by atoms with Gasteiger partial charge in [-0.1, -0.05) is 0 Å². The zero-order valence-corrected chi connectivity index (χ0v) is 14.6. The van der Waals surface area contributed by atoms with Crippen molar-refractivity contribution in [3.05, 3.63) is 0 Å². The SMILES string of the molecule is CC(C)(C)OC(=O)NC1(C(=O)C2C(=O)OC(C)(C)OC2=O)CCC1. The van der Waals surface area contributed by atoms with Crippen LogP contribution in [-0.2, 0) is 28.6 Å². The van der Waals surface area contributed by atoms with Crippen LogP contribution in [0.3, 0.4) is 0 Å². The van der Waals surface area contributed by atoms with Crippen LogP contribution in [0.1, 0.15) is 53.9 Å². The molecule has 134 valence electrons. The molecule has 1 saturated carbocycles. The molecule has 1 aliphatic heterocycles. The minimum Gasteiger partial charge on any atom is -0.444 e. The first-order chi connectivity index (χ1) is 10.9. The van der Waals surface area contributed by atoms with E-state index in [4.69, 9.17) is 14.2 Å². The average molecular weight is 341 g/mol. The van der Waals surface area contributed by atoms with Gasteiger partial charge in [0.15, 0.2) is 5.78 Å². The zero-order chi connectivity index (χ0) is 18.3. The van der Waals surface area contributed by atoms with Gasteiger partial charge in [0.05, 0.1) is 0 Å². The van der Waals surface area contributed by atoms with Crippen LogP contribution < -0.4 is 5.32 Å². The fourth-order valence-electron chi connectivity index (χ4n) is 2.67. The topological polar surface area (TPSA) is 108 Å². The molecule has 1 aliphatic carbocycles. The lowest BCUT2D eigenvalue weighted by Crippen LogP contribution is -2.64. The molecule has 24 heavy (non-hydrogen) atoms. The molecule has 1 heterocycles. The summed E-state index contributed by atoms with van der Waals surface area (Å²) in [5, 5.41) is 2.52. The molecule has 0 aromatic heterocycles. The van der Waals surface area contributed by atoms with Crippen molar-refractivity contribution in [1.82, 2.24) is 5.32 Å². The van der Waals surface area contributed by atoms with Crippen molar-refractivity contribution in [3.63, 3.8) is 0 Å². The van der Waals surface area contributed by atoms with Crippen molar-refractivity contribution in [3.8, 4) is 0 Å². The summed E-state index contributed by atoms with van der Waals surface area (Å²) in [7, 11) is 0. The molecular weight excluding hydrogens is 318 g/mol. The van der Waals surface area contributed by atoms with Gasteiger partial charge in [-0.05, 0) is 40.0 Å². The van der Waals surface area contributed by atoms with Gasteiger partial charge in [0, 0.05) is 13.8 Å². The van der Waals surface area contributed by atoms with E-state index in [-0.39, 0.29) is 0 Å². The quantitative estimate of drug-likeness (QED) is 0.611. The number of carbonyl (C=O) groups is 4. The van der Waals surface area contributed by atoms with E-state index in [1.165, 1.54) is 13.8 Å². The van der Waals surface area contributed by atoms with Gasteiger partial charge < -0.3 is 19.5 Å². The number of alkyl carbamates (subject to hydrolysis) is 1. The zero-order valence-electron chi connectivity index (χ0n) is 14.6. The standard InChI is InChI=1S/C16H23NO7/c1-14(2,3)24-13(21)17-16(7-6-8-16)10(18)9-11(19)22-15(4,5)23-12(9)20/h9H,6-8H2,1-5H3,(H,17,21). The molecule has 1 saturated heterocycles. The number of nitrogens with one attached hydrogen (secondary N) is 1. The van der Waals surface area contributed by atoms with Crippen LogP contribution in [0.15, 0.2) is 0 Å². The van der Waals surface area contributed by atoms with Gasteiger partial charge in [-0.3, -0.25) is 14.4 Å². The Morgan fingerprint density at radius 2 is 1.62 bits per heavy atom. The summed E-state index contributed by atoms with van der Waals surface area (Å²) < 4.78 is 15.1. The lowest BCUT2D eigenvalue weighted by molar-refractivity contribution is -0.239. The highest BCUT2D eigenvalue weighted by Crippen LogP contribution is 2.37. The van der Waals surface area contributed by atoms with Crippen LogP contribution in [0, 0.1) is 5.92 Å². The average Bonchev–Trinajstić information content (AvgIpc) is 2.28. The van der Waals surface area contributed by atoms with Crippen LogP contribution in [0.4, 0.5) is 4.79 Å². The number of carbonyl (C=O) groups excluding carboxylic acids is 4. The summed E-state index contributed by atoms with van der Waals surface area (Å²) in [6.45, 7) is 7.89. The minimum atomic E-state index is -1.69. The Labute approximate surface area is 140 Å². The second kappa shape index (κ2) is 5.75. The first-order valence-electron chi connectivity index (χ1n) is 7.86. The van der Waals surface area contributed by atoms with E-state index >= 15 is 0 Å². The fraction of sp³-hybridized carbons (Fsp3) is 0.750. The first kappa shape index (κ1) is 18.2. The summed E-state index contributed by atoms with van der Waals surface area (Å²) in [6, 6.07) is 0. The Morgan fingerprint density at radius 3 is 2.00 bits per heavy atom. The number of esters is 2. The summed E-state index contributed by atoms with van der Waals surface area (Å²) in [6.07, 6.45) is 0.564. The van der Waals surface area contributed by atoms with E-state index < -0.39 is 46.7 Å². The van der Waals surface area contributed by atoms with E-state index in [1.807, 2.05) is 0 Å². The van der Waals surface area contributed by atoms with E-state index in [0.717, 1.165) is 0 Å². The molecule has 0 spiro atoms. The molecule has 0 aromatic rings. The Balaban J connectivity index is 2.15. The molecule has 2 fully saturated rings. The molecule has 0 bridgehead atoms. The number of cyclic esters (lactones) is 2. The second-order valence-corrected chi connectivity index (χ2v) is 7.60. The lowest BCUT2D eigenvalue weighted by atomic mass is 9.70. The van der Waals surface area contributed by atoms with E-state index in [2.05, 4.69) is 5.32 Å². The number of hydrogen-bond acceptors (Lipinski definition) is 7. The molecule has 2 aliphatic rings. The van der Waals surface area contributed by atoms with Gasteiger partial charge in [0.1, 0.15) is 11.1 Å². The number of Topliss-reactive ketones (excluding diaryl/α,β-unsaturated/α-hetero) is 1. The van der Waals surface area contributed by atoms with Gasteiger partial charge in [0.2, 0.25) is 5.92 Å². The summed E-state index contributed by atoms with van der Waals surface area (Å²) >= 11 is 0. The molecule has 0 radical (unpaired) electrons. The molecule has 0 atom stereocenters. The first-order valence-corrected chi connectivity index (χ1v) is 7.86. The van der Waals surface area contributed by atoms with Crippen molar-refractivity contribution in [2.24, 2.45) is 5.92 Å². The highest BCUT2D eigenvalue weighted by Gasteiger charge is 2.56. The fourth-order valence-corrected chi connectivity index (χ4v) is 2.67. The van der Waals surface area contributed by atoms with Crippen molar-refractivity contribution in [2.45, 2.75) is 70.8 Å². The maximum absolute atomic E-state index is 12.8. The van der Waals surface area contributed by atoms with Crippen LogP contribution >= 0.6 is 0 Å². The Morgan fingerprint density at radius 1 is 1.12 bits per heavy atom. The monoisotopic (exact) mass is 341 g/mol. The smallest absolute Gasteiger partial charge is 0.408 e. The van der Waals surface area contributed by atoms with Crippen LogP contribution in [-0.4, -0.2) is 40.7 Å². The molecule has 1 amide bonds. The number of rotatable bonds is 3. The third-order valence-corrected chi connectivity index (χ3v) is 3.85. The normalized spacial score (nSPS) is 22.7. The largest absolute Gasteiger partial charge is 0.444 e. The molecular formula is C16H23NO7. The van der Waals surface area contributed by atoms with Crippen LogP contribution in [0.2, 0.25) is 0 Å². The number of hydrogen-bond donors (Lipinski definition) is 1. The molecule has 1 N–H and O–H groups in total. The highest BCUT2D eigenvalue weighted by atomic mass is 16.7. The van der Waals surface area contributed by atoms with Crippen molar-refractivity contribution >= 4 is 23.8 Å². The summed E-state index contributed by atoms with van der Waals surface area (Å²) in [5.74, 6) is -5.73. The Hall–Kier alpha value is -2.12. The number of amides is 1. The van der Waals surface area contributed by atoms with Gasteiger partial charge >= 0.3 is 18.0 Å². The number of ketones is 1. The van der Waals surface area contributed by atoms with E-state index in [0.29, 0.717) is 19.3 Å². The Bertz CT molecular complexity index is 564. The molecule has 8 heteroatoms. The molecule has 2 rings (SSSR count). The molecule has 8 nitrogen and oxygen atoms in total. The van der Waals surface area contributed by atoms with Crippen molar-refractivity contribution in [2.75, 3.05) is 0 Å². The number of ether oxygens (including phenoxy) is 3. The predicted octanol–water partition coefficient (Wildman–Crippen LogP) is 1.46. The third-order valence-electron chi connectivity index (χ3n) is 3.85. The second-order valence-electron chi connectivity index (χ2n) is 7.60. The van der Waals surface area contributed by atoms with Gasteiger partial charge in [-0.15, -0.1) is 0 Å². The van der Waals surface area contributed by atoms with E-state index in [1.54, 1.807) is 20.8 Å². The predicted molar refractivity (Wildman–Crippen MR) is 80.7 cm³/mol. The van der Waals surface area contributed by atoms with Crippen molar-refractivity contribution in [1.29, 1.82) is 0 Å². The van der Waals surface area contributed by atoms with E-state index in [9.17, 15) is 19.2 Å². The molecule has 0 aromatic carbocycles. The van der Waals surface area contributed by atoms with Gasteiger partial charge in [0.25, 0.3) is 5.79 Å². The van der Waals surface area contributed by atoms with Crippen LogP contribution in [0.25, 0.3) is 0 Å². The van der Waals surface area contributed by atoms with Crippen molar-refractivity contribution < 1.29 is 33.4 Å². The van der Waals surface area contributed by atoms with Crippen LogP contribution in [0.5, 0.6) is 0 Å². The maximum Gasteiger partial charge on any atom is 0.408 e. The van der Waals surface area contributed by atoms with Gasteiger partial charge in [-0.2, -0.15) is 0 Å². The highest BCUT2D eigenvalue weighted by molar-refractivity contribution is 6.19. The van der Waals surface area contributed by atoms with Gasteiger partial charge in [-0.25, -0.2) is 4.79 Å². The lowest BCUT2D eigenvalue weighted by Gasteiger charge is -2.43. The Kier molecular flexibility index (Phi) is 4.37.